The first-order valence-electron chi connectivity index (χ1n) is 13.4. The zero-order valence-corrected chi connectivity index (χ0v) is 22.3. The number of methoxy groups -OCH3 is 2. The Kier molecular flexibility index (Phi) is 9.54. The first kappa shape index (κ1) is 26.4. The van der Waals surface area contributed by atoms with E-state index in [0.29, 0.717) is 12.5 Å². The van der Waals surface area contributed by atoms with Crippen LogP contribution in [0.2, 0.25) is 0 Å². The molecule has 0 amide bonds. The molecular weight excluding hydrogens is 452 g/mol. The van der Waals surface area contributed by atoms with Gasteiger partial charge in [0.1, 0.15) is 0 Å². The van der Waals surface area contributed by atoms with E-state index in [9.17, 15) is 0 Å². The highest BCUT2D eigenvalue weighted by atomic mass is 16.5. The highest BCUT2D eigenvalue weighted by Gasteiger charge is 2.21. The Morgan fingerprint density at radius 3 is 2.42 bits per heavy atom. The maximum absolute atomic E-state index is 6.26. The van der Waals surface area contributed by atoms with Crippen LogP contribution in [-0.2, 0) is 6.42 Å². The number of benzene rings is 2. The lowest BCUT2D eigenvalue weighted by atomic mass is 9.92. The van der Waals surface area contributed by atoms with Gasteiger partial charge < -0.3 is 29.6 Å². The molecule has 0 bridgehead atoms. The number of fused-ring (bicyclic) bond motifs is 1. The average Bonchev–Trinajstić information content (AvgIpc) is 2.91. The SMILES string of the molecule is CCCCOc1cc2c(cc1OC)C(/C=C/c1cc(OCC3CCNCC3)c(OC)cc1C)NCC2. The van der Waals surface area contributed by atoms with Crippen LogP contribution in [0.3, 0.4) is 0 Å². The zero-order valence-electron chi connectivity index (χ0n) is 22.3. The molecule has 196 valence electrons. The number of rotatable bonds is 11. The largest absolute Gasteiger partial charge is 0.493 e. The van der Waals surface area contributed by atoms with Gasteiger partial charge in [0, 0.05) is 6.54 Å². The van der Waals surface area contributed by atoms with Gasteiger partial charge in [-0.1, -0.05) is 25.5 Å². The Bertz CT molecular complexity index is 1030. The molecule has 0 spiro atoms. The van der Waals surface area contributed by atoms with Crippen molar-refractivity contribution in [2.24, 2.45) is 5.92 Å². The summed E-state index contributed by atoms with van der Waals surface area (Å²) in [6.45, 7) is 8.79. The van der Waals surface area contributed by atoms with Gasteiger partial charge in [0.25, 0.3) is 0 Å². The summed E-state index contributed by atoms with van der Waals surface area (Å²) < 4.78 is 23.6. The molecule has 1 unspecified atom stereocenters. The smallest absolute Gasteiger partial charge is 0.161 e. The quantitative estimate of drug-likeness (QED) is 0.404. The van der Waals surface area contributed by atoms with Crippen molar-refractivity contribution in [1.29, 1.82) is 0 Å². The van der Waals surface area contributed by atoms with Crippen molar-refractivity contribution in [1.82, 2.24) is 10.6 Å². The van der Waals surface area contributed by atoms with Gasteiger partial charge >= 0.3 is 0 Å². The molecule has 2 aromatic rings. The number of ether oxygens (including phenoxy) is 4. The van der Waals surface area contributed by atoms with Gasteiger partial charge in [0.05, 0.1) is 33.5 Å². The Morgan fingerprint density at radius 1 is 0.917 bits per heavy atom. The molecule has 0 aromatic heterocycles. The van der Waals surface area contributed by atoms with Crippen molar-refractivity contribution in [3.05, 3.63) is 52.6 Å². The molecule has 2 aliphatic heterocycles. The van der Waals surface area contributed by atoms with E-state index in [0.717, 1.165) is 92.5 Å². The van der Waals surface area contributed by atoms with Crippen LogP contribution in [0.5, 0.6) is 23.0 Å². The highest BCUT2D eigenvalue weighted by molar-refractivity contribution is 5.61. The van der Waals surface area contributed by atoms with E-state index < -0.39 is 0 Å². The van der Waals surface area contributed by atoms with Gasteiger partial charge in [-0.25, -0.2) is 0 Å². The van der Waals surface area contributed by atoms with Gasteiger partial charge in [0.15, 0.2) is 23.0 Å². The Hall–Kier alpha value is -2.70. The lowest BCUT2D eigenvalue weighted by Crippen LogP contribution is -2.30. The number of aryl methyl sites for hydroxylation is 1. The van der Waals surface area contributed by atoms with Crippen LogP contribution in [0.15, 0.2) is 30.3 Å². The van der Waals surface area contributed by atoms with E-state index in [2.05, 4.69) is 60.9 Å². The maximum atomic E-state index is 6.26. The van der Waals surface area contributed by atoms with Gasteiger partial charge in [-0.15, -0.1) is 0 Å². The van der Waals surface area contributed by atoms with Crippen LogP contribution < -0.4 is 29.6 Å². The summed E-state index contributed by atoms with van der Waals surface area (Å²) in [5, 5.41) is 7.07. The fourth-order valence-corrected chi connectivity index (χ4v) is 4.95. The number of hydrogen-bond donors (Lipinski definition) is 2. The minimum atomic E-state index is 0.105. The average molecular weight is 495 g/mol. The van der Waals surface area contributed by atoms with Crippen molar-refractivity contribution < 1.29 is 18.9 Å². The molecule has 0 radical (unpaired) electrons. The topological polar surface area (TPSA) is 61.0 Å². The van der Waals surface area contributed by atoms with Crippen LogP contribution in [0.4, 0.5) is 0 Å². The second-order valence-electron chi connectivity index (χ2n) is 9.81. The summed E-state index contributed by atoms with van der Waals surface area (Å²) in [5.74, 6) is 3.83. The van der Waals surface area contributed by atoms with Crippen LogP contribution in [-0.4, -0.2) is 47.1 Å². The molecule has 2 aliphatic rings. The normalized spacial score (nSPS) is 18.2. The molecule has 2 N–H and O–H groups in total. The fourth-order valence-electron chi connectivity index (χ4n) is 4.95. The highest BCUT2D eigenvalue weighted by Crippen LogP contribution is 2.37. The molecule has 36 heavy (non-hydrogen) atoms. The van der Waals surface area contributed by atoms with E-state index in [1.54, 1.807) is 14.2 Å². The molecule has 0 saturated carbocycles. The maximum Gasteiger partial charge on any atom is 0.161 e. The van der Waals surface area contributed by atoms with E-state index in [-0.39, 0.29) is 6.04 Å². The Labute approximate surface area is 216 Å². The number of unbranched alkanes of at least 4 members (excludes halogenated alkanes) is 1. The van der Waals surface area contributed by atoms with E-state index in [1.165, 1.54) is 11.1 Å². The van der Waals surface area contributed by atoms with Crippen molar-refractivity contribution >= 4 is 6.08 Å². The predicted octanol–water partition coefficient (Wildman–Crippen LogP) is 5.47. The zero-order chi connectivity index (χ0) is 25.3. The Morgan fingerprint density at radius 2 is 1.67 bits per heavy atom. The summed E-state index contributed by atoms with van der Waals surface area (Å²) in [7, 11) is 3.42. The number of hydrogen-bond acceptors (Lipinski definition) is 6. The third-order valence-electron chi connectivity index (χ3n) is 7.23. The number of nitrogens with one attached hydrogen (secondary N) is 2. The molecule has 0 aliphatic carbocycles. The van der Waals surface area contributed by atoms with Crippen molar-refractivity contribution in [3.8, 4) is 23.0 Å². The predicted molar refractivity (Wildman–Crippen MR) is 146 cm³/mol. The first-order valence-corrected chi connectivity index (χ1v) is 13.4. The Balaban J connectivity index is 1.53. The van der Waals surface area contributed by atoms with Gasteiger partial charge in [-0.3, -0.25) is 0 Å². The van der Waals surface area contributed by atoms with Gasteiger partial charge in [-0.05, 0) is 98.1 Å². The minimum Gasteiger partial charge on any atom is -0.493 e. The summed E-state index contributed by atoms with van der Waals surface area (Å²) in [5.41, 5.74) is 4.85. The molecule has 4 rings (SSSR count). The van der Waals surface area contributed by atoms with E-state index in [1.807, 2.05) is 0 Å². The van der Waals surface area contributed by atoms with Crippen molar-refractivity contribution in [2.45, 2.75) is 52.0 Å². The standard InChI is InChI=1S/C30H42N2O4/c1-5-6-15-35-29-18-24-11-14-32-26(25(24)19-28(29)34-4)8-7-23-17-30(27(33-3)16-21(23)2)36-20-22-9-12-31-13-10-22/h7-8,16-19,22,26,31-32H,5-6,9-15,20H2,1-4H3/b8-7+. The molecule has 1 saturated heterocycles. The van der Waals surface area contributed by atoms with Crippen LogP contribution in [0.25, 0.3) is 6.08 Å². The minimum absolute atomic E-state index is 0.105. The summed E-state index contributed by atoms with van der Waals surface area (Å²) in [4.78, 5) is 0. The van der Waals surface area contributed by atoms with Crippen molar-refractivity contribution in [3.63, 3.8) is 0 Å². The summed E-state index contributed by atoms with van der Waals surface area (Å²) >= 11 is 0. The van der Waals surface area contributed by atoms with Crippen LogP contribution >= 0.6 is 0 Å². The fraction of sp³-hybridized carbons (Fsp3) is 0.533. The second-order valence-corrected chi connectivity index (χ2v) is 9.81. The van der Waals surface area contributed by atoms with Crippen LogP contribution in [0.1, 0.15) is 60.9 Å². The lowest BCUT2D eigenvalue weighted by Gasteiger charge is -2.26. The van der Waals surface area contributed by atoms with Gasteiger partial charge in [0.2, 0.25) is 0 Å². The summed E-state index contributed by atoms with van der Waals surface area (Å²) in [6.07, 6.45) is 9.87. The monoisotopic (exact) mass is 494 g/mol. The van der Waals surface area contributed by atoms with Crippen molar-refractivity contribution in [2.75, 3.05) is 47.1 Å². The van der Waals surface area contributed by atoms with Gasteiger partial charge in [-0.2, -0.15) is 0 Å². The van der Waals surface area contributed by atoms with E-state index in [4.69, 9.17) is 18.9 Å². The summed E-state index contributed by atoms with van der Waals surface area (Å²) in [6, 6.07) is 8.58. The third kappa shape index (κ3) is 6.54. The number of piperidine rings is 1. The lowest BCUT2D eigenvalue weighted by molar-refractivity contribution is 0.208. The third-order valence-corrected chi connectivity index (χ3v) is 7.23. The molecular formula is C30H42N2O4. The molecule has 1 fully saturated rings. The molecule has 2 aromatic carbocycles. The molecule has 6 heteroatoms. The molecule has 6 nitrogen and oxygen atoms in total. The second kappa shape index (κ2) is 13.0. The molecule has 2 heterocycles. The molecule has 1 atom stereocenters. The first-order chi connectivity index (χ1) is 17.6. The van der Waals surface area contributed by atoms with Crippen LogP contribution in [0, 0.1) is 12.8 Å². The van der Waals surface area contributed by atoms with E-state index >= 15 is 0 Å².